The summed E-state index contributed by atoms with van der Waals surface area (Å²) in [5.74, 6) is -0.538. The van der Waals surface area contributed by atoms with E-state index < -0.39 is 11.6 Å². The third kappa shape index (κ3) is 4.70. The van der Waals surface area contributed by atoms with Gasteiger partial charge in [-0.2, -0.15) is 5.10 Å². The Hall–Kier alpha value is -3.13. The van der Waals surface area contributed by atoms with Crippen LogP contribution in [0.3, 0.4) is 0 Å². The van der Waals surface area contributed by atoms with Crippen molar-refractivity contribution in [1.82, 2.24) is 15.7 Å². The maximum absolute atomic E-state index is 13.7. The summed E-state index contributed by atoms with van der Waals surface area (Å²) in [4.78, 5) is 4.16. The fourth-order valence-corrected chi connectivity index (χ4v) is 2.25. The molecule has 2 heterocycles. The molecule has 0 aliphatic rings. The van der Waals surface area contributed by atoms with Gasteiger partial charge in [0, 0.05) is 6.20 Å². The highest BCUT2D eigenvalue weighted by Gasteiger charge is 2.10. The number of hydrogen-bond acceptors (Lipinski definition) is 4. The van der Waals surface area contributed by atoms with Gasteiger partial charge in [-0.3, -0.25) is 10.4 Å². The zero-order valence-corrected chi connectivity index (χ0v) is 14.3. The Morgan fingerprint density at radius 3 is 2.88 bits per heavy atom. The number of furan rings is 1. The summed E-state index contributed by atoms with van der Waals surface area (Å²) in [6.07, 6.45) is 3.08. The van der Waals surface area contributed by atoms with E-state index in [1.807, 2.05) is 18.2 Å². The molecule has 0 bridgehead atoms. The second kappa shape index (κ2) is 8.30. The van der Waals surface area contributed by atoms with Crippen LogP contribution in [0.2, 0.25) is 0 Å². The molecule has 3 rings (SSSR count). The minimum absolute atomic E-state index is 0.0464. The summed E-state index contributed by atoms with van der Waals surface area (Å²) < 4.78 is 32.4. The zero-order valence-electron chi connectivity index (χ0n) is 13.4. The van der Waals surface area contributed by atoms with Crippen LogP contribution in [0.15, 0.2) is 64.2 Å². The van der Waals surface area contributed by atoms with Crippen LogP contribution in [0.5, 0.6) is 0 Å². The fraction of sp³-hybridized carbons (Fsp3) is 0.0556. The SMILES string of the molecule is Fc1ccc(F)c(-c2ccc(C=NNC(=S)NCc3ccccn3)o2)c1. The van der Waals surface area contributed by atoms with Crippen molar-refractivity contribution in [1.29, 1.82) is 0 Å². The van der Waals surface area contributed by atoms with Gasteiger partial charge in [-0.15, -0.1) is 0 Å². The van der Waals surface area contributed by atoms with Crippen molar-refractivity contribution in [3.05, 3.63) is 77.8 Å². The highest BCUT2D eigenvalue weighted by molar-refractivity contribution is 7.80. The summed E-state index contributed by atoms with van der Waals surface area (Å²) in [7, 11) is 0. The number of aromatic nitrogens is 1. The normalized spacial score (nSPS) is 10.8. The number of benzene rings is 1. The largest absolute Gasteiger partial charge is 0.455 e. The van der Waals surface area contributed by atoms with Crippen LogP contribution in [-0.4, -0.2) is 16.3 Å². The van der Waals surface area contributed by atoms with Crippen molar-refractivity contribution in [3.63, 3.8) is 0 Å². The predicted octanol–water partition coefficient (Wildman–Crippen LogP) is 3.62. The Kier molecular flexibility index (Phi) is 5.65. The average molecular weight is 372 g/mol. The minimum atomic E-state index is -0.567. The molecule has 0 saturated carbocycles. The van der Waals surface area contributed by atoms with E-state index in [-0.39, 0.29) is 11.3 Å². The van der Waals surface area contributed by atoms with E-state index in [1.54, 1.807) is 12.3 Å². The van der Waals surface area contributed by atoms with Gasteiger partial charge in [0.15, 0.2) is 5.11 Å². The molecule has 0 radical (unpaired) electrons. The van der Waals surface area contributed by atoms with Crippen LogP contribution < -0.4 is 10.7 Å². The molecule has 8 heteroatoms. The second-order valence-corrected chi connectivity index (χ2v) is 5.61. The first-order chi connectivity index (χ1) is 12.6. The monoisotopic (exact) mass is 372 g/mol. The van der Waals surface area contributed by atoms with E-state index in [0.717, 1.165) is 23.9 Å². The number of halogens is 2. The standard InChI is InChI=1S/C18H14F2N4OS/c19-12-4-6-16(20)15(9-12)17-7-5-14(25-17)11-23-24-18(26)22-10-13-3-1-2-8-21-13/h1-9,11H,10H2,(H2,22,24,26). The Bertz CT molecular complexity index is 928. The molecule has 2 N–H and O–H groups in total. The van der Waals surface area contributed by atoms with Crippen molar-refractivity contribution < 1.29 is 13.2 Å². The predicted molar refractivity (Wildman–Crippen MR) is 98.5 cm³/mol. The lowest BCUT2D eigenvalue weighted by Crippen LogP contribution is -2.31. The van der Waals surface area contributed by atoms with Crippen molar-refractivity contribution in [3.8, 4) is 11.3 Å². The third-order valence-electron chi connectivity index (χ3n) is 3.33. The van der Waals surface area contributed by atoms with Gasteiger partial charge in [0.05, 0.1) is 24.0 Å². The highest BCUT2D eigenvalue weighted by atomic mass is 32.1. The van der Waals surface area contributed by atoms with Gasteiger partial charge in [0.2, 0.25) is 0 Å². The van der Waals surface area contributed by atoms with Gasteiger partial charge in [-0.25, -0.2) is 8.78 Å². The first kappa shape index (κ1) is 17.7. The van der Waals surface area contributed by atoms with Crippen LogP contribution >= 0.6 is 12.2 Å². The van der Waals surface area contributed by atoms with Gasteiger partial charge in [-0.05, 0) is 54.7 Å². The van der Waals surface area contributed by atoms with Crippen molar-refractivity contribution in [2.75, 3.05) is 0 Å². The lowest BCUT2D eigenvalue weighted by Gasteiger charge is -2.05. The zero-order chi connectivity index (χ0) is 18.4. The average Bonchev–Trinajstić information content (AvgIpc) is 3.11. The molecule has 2 aromatic heterocycles. The van der Waals surface area contributed by atoms with Crippen molar-refractivity contribution >= 4 is 23.5 Å². The van der Waals surface area contributed by atoms with E-state index in [9.17, 15) is 8.78 Å². The summed E-state index contributed by atoms with van der Waals surface area (Å²) in [5, 5.41) is 7.21. The Morgan fingerprint density at radius 2 is 2.08 bits per heavy atom. The van der Waals surface area contributed by atoms with Gasteiger partial charge >= 0.3 is 0 Å². The number of hydrogen-bond donors (Lipinski definition) is 2. The van der Waals surface area contributed by atoms with Gasteiger partial charge in [0.25, 0.3) is 0 Å². The van der Waals surface area contributed by atoms with Crippen molar-refractivity contribution in [2.45, 2.75) is 6.54 Å². The lowest BCUT2D eigenvalue weighted by molar-refractivity contribution is 0.558. The van der Waals surface area contributed by atoms with Crippen LogP contribution in [0, 0.1) is 11.6 Å². The molecule has 0 fully saturated rings. The molecule has 0 amide bonds. The molecule has 0 atom stereocenters. The van der Waals surface area contributed by atoms with Crippen LogP contribution in [0.25, 0.3) is 11.3 Å². The maximum Gasteiger partial charge on any atom is 0.187 e. The quantitative estimate of drug-likeness (QED) is 0.407. The third-order valence-corrected chi connectivity index (χ3v) is 3.57. The molecule has 0 unspecified atom stereocenters. The minimum Gasteiger partial charge on any atom is -0.455 e. The molecular weight excluding hydrogens is 358 g/mol. The molecule has 0 aliphatic carbocycles. The molecular formula is C18H14F2N4OS. The van der Waals surface area contributed by atoms with Gasteiger partial charge in [0.1, 0.15) is 23.2 Å². The molecule has 0 aliphatic heterocycles. The van der Waals surface area contributed by atoms with E-state index in [2.05, 4.69) is 20.8 Å². The first-order valence-electron chi connectivity index (χ1n) is 7.64. The first-order valence-corrected chi connectivity index (χ1v) is 8.05. The van der Waals surface area contributed by atoms with Gasteiger partial charge in [-0.1, -0.05) is 6.07 Å². The number of rotatable bonds is 5. The topological polar surface area (TPSA) is 62.5 Å². The van der Waals surface area contributed by atoms with E-state index in [0.29, 0.717) is 17.4 Å². The molecule has 132 valence electrons. The Morgan fingerprint density at radius 1 is 1.19 bits per heavy atom. The molecule has 1 aromatic carbocycles. The Balaban J connectivity index is 1.55. The molecule has 0 saturated heterocycles. The molecule has 3 aromatic rings. The smallest absolute Gasteiger partial charge is 0.187 e. The van der Waals surface area contributed by atoms with Crippen molar-refractivity contribution in [2.24, 2.45) is 5.10 Å². The number of thiocarbonyl (C=S) groups is 1. The number of hydrazone groups is 1. The summed E-state index contributed by atoms with van der Waals surface area (Å²) in [6.45, 7) is 0.464. The summed E-state index contributed by atoms with van der Waals surface area (Å²) >= 11 is 5.10. The fourth-order valence-electron chi connectivity index (χ4n) is 2.12. The summed E-state index contributed by atoms with van der Waals surface area (Å²) in [5.41, 5.74) is 3.53. The number of pyridine rings is 1. The van der Waals surface area contributed by atoms with E-state index in [1.165, 1.54) is 12.3 Å². The summed E-state index contributed by atoms with van der Waals surface area (Å²) in [6, 6.07) is 11.9. The highest BCUT2D eigenvalue weighted by Crippen LogP contribution is 2.25. The number of nitrogens with one attached hydrogen (secondary N) is 2. The molecule has 0 spiro atoms. The molecule has 5 nitrogen and oxygen atoms in total. The van der Waals surface area contributed by atoms with E-state index >= 15 is 0 Å². The van der Waals surface area contributed by atoms with Crippen LogP contribution in [-0.2, 0) is 6.54 Å². The van der Waals surface area contributed by atoms with Gasteiger partial charge < -0.3 is 9.73 Å². The Labute approximate surface area is 153 Å². The van der Waals surface area contributed by atoms with Crippen LogP contribution in [0.1, 0.15) is 11.5 Å². The lowest BCUT2D eigenvalue weighted by atomic mass is 10.1. The van der Waals surface area contributed by atoms with Crippen LogP contribution in [0.4, 0.5) is 8.78 Å². The maximum atomic E-state index is 13.7. The molecule has 26 heavy (non-hydrogen) atoms. The number of nitrogens with zero attached hydrogens (tertiary/aromatic N) is 2. The van der Waals surface area contributed by atoms with E-state index in [4.69, 9.17) is 16.6 Å². The second-order valence-electron chi connectivity index (χ2n) is 5.20.